The fourth-order valence-electron chi connectivity index (χ4n) is 2.41. The number of benzene rings is 1. The van der Waals surface area contributed by atoms with Crippen molar-refractivity contribution in [1.29, 1.82) is 0 Å². The van der Waals surface area contributed by atoms with Crippen molar-refractivity contribution in [3.63, 3.8) is 0 Å². The zero-order valence-corrected chi connectivity index (χ0v) is 10.2. The molecule has 2 heteroatoms. The Balaban J connectivity index is 1.81. The van der Waals surface area contributed by atoms with Crippen LogP contribution in [0.3, 0.4) is 0 Å². The van der Waals surface area contributed by atoms with Gasteiger partial charge < -0.3 is 4.90 Å². The van der Waals surface area contributed by atoms with Gasteiger partial charge in [-0.15, -0.1) is 0 Å². The van der Waals surface area contributed by atoms with Gasteiger partial charge in [-0.2, -0.15) is 0 Å². The summed E-state index contributed by atoms with van der Waals surface area (Å²) >= 11 is 0. The van der Waals surface area contributed by atoms with E-state index in [1.165, 1.54) is 11.1 Å². The first-order chi connectivity index (χ1) is 8.83. The van der Waals surface area contributed by atoms with E-state index in [1.54, 1.807) is 12.2 Å². The van der Waals surface area contributed by atoms with Crippen molar-refractivity contribution in [2.24, 2.45) is 0 Å². The van der Waals surface area contributed by atoms with Gasteiger partial charge in [0.05, 0.1) is 0 Å². The van der Waals surface area contributed by atoms with Crippen LogP contribution in [0.1, 0.15) is 11.1 Å². The number of allylic oxidation sites excluding steroid dienone is 5. The van der Waals surface area contributed by atoms with Crippen LogP contribution in [0.15, 0.2) is 60.3 Å². The number of carbonyl (C=O) groups is 1. The molecule has 0 spiro atoms. The van der Waals surface area contributed by atoms with E-state index in [0.717, 1.165) is 25.1 Å². The van der Waals surface area contributed by atoms with E-state index in [-0.39, 0.29) is 5.78 Å². The summed E-state index contributed by atoms with van der Waals surface area (Å²) in [5, 5.41) is 0. The molecule has 0 saturated carbocycles. The normalized spacial score (nSPS) is 20.3. The minimum atomic E-state index is 0.0939. The van der Waals surface area contributed by atoms with Crippen LogP contribution in [0.4, 0.5) is 0 Å². The van der Waals surface area contributed by atoms with Crippen LogP contribution < -0.4 is 0 Å². The molecule has 2 aliphatic rings. The minimum Gasteiger partial charge on any atom is -0.372 e. The number of hydrogen-bond acceptors (Lipinski definition) is 2. The zero-order valence-electron chi connectivity index (χ0n) is 10.2. The fraction of sp³-hybridized carbons (Fsp3) is 0.188. The molecule has 0 fully saturated rings. The van der Waals surface area contributed by atoms with Gasteiger partial charge in [-0.1, -0.05) is 36.4 Å². The molecule has 1 aromatic rings. The molecule has 0 N–H and O–H groups in total. The summed E-state index contributed by atoms with van der Waals surface area (Å²) in [7, 11) is 0. The quantitative estimate of drug-likeness (QED) is 0.700. The second kappa shape index (κ2) is 4.65. The molecule has 1 aromatic carbocycles. The maximum Gasteiger partial charge on any atom is 0.187 e. The molecular weight excluding hydrogens is 222 g/mol. The molecule has 1 aliphatic heterocycles. The van der Waals surface area contributed by atoms with Gasteiger partial charge in [0.15, 0.2) is 5.78 Å². The third-order valence-corrected chi connectivity index (χ3v) is 3.40. The van der Waals surface area contributed by atoms with Crippen molar-refractivity contribution in [3.05, 3.63) is 71.5 Å². The molecule has 2 nitrogen and oxygen atoms in total. The molecule has 1 aliphatic carbocycles. The number of rotatable bonds is 1. The smallest absolute Gasteiger partial charge is 0.187 e. The Bertz CT molecular complexity index is 566. The lowest BCUT2D eigenvalue weighted by Crippen LogP contribution is -2.26. The maximum atomic E-state index is 11.7. The Morgan fingerprint density at radius 1 is 1.06 bits per heavy atom. The summed E-state index contributed by atoms with van der Waals surface area (Å²) in [6, 6.07) is 8.52. The molecule has 1 heterocycles. The lowest BCUT2D eigenvalue weighted by atomic mass is 9.99. The number of fused-ring (bicyclic) bond motifs is 1. The largest absolute Gasteiger partial charge is 0.372 e. The Kier molecular flexibility index (Phi) is 2.85. The van der Waals surface area contributed by atoms with Crippen LogP contribution in [0.5, 0.6) is 0 Å². The van der Waals surface area contributed by atoms with E-state index in [0.29, 0.717) is 0 Å². The standard InChI is InChI=1S/C16H15NO/c18-16-8-4-3-7-15(16)12-17-10-9-13-5-1-2-6-14(13)11-17/h1-8,12H,9-11H2/b15-12+. The SMILES string of the molecule is O=C1C=CC=C/C1=C\N1CCc2ccccc2C1. The Morgan fingerprint density at radius 3 is 2.67 bits per heavy atom. The van der Waals surface area contributed by atoms with Crippen molar-refractivity contribution in [2.75, 3.05) is 6.54 Å². The summed E-state index contributed by atoms with van der Waals surface area (Å²) in [6.45, 7) is 1.87. The summed E-state index contributed by atoms with van der Waals surface area (Å²) in [5.74, 6) is 0.0939. The van der Waals surface area contributed by atoms with Crippen LogP contribution in [-0.2, 0) is 17.8 Å². The lowest BCUT2D eigenvalue weighted by Gasteiger charge is -2.28. The summed E-state index contributed by atoms with van der Waals surface area (Å²) in [6.07, 6.45) is 10.2. The predicted molar refractivity (Wildman–Crippen MR) is 71.9 cm³/mol. The molecular formula is C16H15NO. The van der Waals surface area contributed by atoms with Crippen LogP contribution in [0.25, 0.3) is 0 Å². The number of nitrogens with zero attached hydrogens (tertiary/aromatic N) is 1. The van der Waals surface area contributed by atoms with E-state index < -0.39 is 0 Å². The summed E-state index contributed by atoms with van der Waals surface area (Å²) in [4.78, 5) is 13.9. The third kappa shape index (κ3) is 2.14. The predicted octanol–water partition coefficient (Wildman–Crippen LogP) is 2.62. The van der Waals surface area contributed by atoms with Gasteiger partial charge in [0.25, 0.3) is 0 Å². The average Bonchev–Trinajstić information content (AvgIpc) is 2.41. The first-order valence-corrected chi connectivity index (χ1v) is 6.25. The number of carbonyl (C=O) groups excluding carboxylic acids is 1. The van der Waals surface area contributed by atoms with E-state index >= 15 is 0 Å². The highest BCUT2D eigenvalue weighted by Gasteiger charge is 2.14. The Hall–Kier alpha value is -2.09. The first kappa shape index (κ1) is 11.0. The van der Waals surface area contributed by atoms with E-state index in [1.807, 2.05) is 18.4 Å². The van der Waals surface area contributed by atoms with Crippen molar-refractivity contribution in [3.8, 4) is 0 Å². The molecule has 0 amide bonds. The van der Waals surface area contributed by atoms with Crippen molar-refractivity contribution >= 4 is 5.78 Å². The Morgan fingerprint density at radius 2 is 1.83 bits per heavy atom. The monoisotopic (exact) mass is 237 g/mol. The van der Waals surface area contributed by atoms with Crippen molar-refractivity contribution < 1.29 is 4.79 Å². The van der Waals surface area contributed by atoms with Crippen LogP contribution in [-0.4, -0.2) is 17.2 Å². The number of hydrogen-bond donors (Lipinski definition) is 0. The highest BCUT2D eigenvalue weighted by Crippen LogP contribution is 2.20. The molecule has 0 atom stereocenters. The summed E-state index contributed by atoms with van der Waals surface area (Å²) < 4.78 is 0. The molecule has 3 rings (SSSR count). The van der Waals surface area contributed by atoms with Gasteiger partial charge in [0, 0.05) is 24.9 Å². The van der Waals surface area contributed by atoms with E-state index in [2.05, 4.69) is 29.2 Å². The average molecular weight is 237 g/mol. The van der Waals surface area contributed by atoms with Crippen LogP contribution in [0, 0.1) is 0 Å². The lowest BCUT2D eigenvalue weighted by molar-refractivity contribution is -0.111. The summed E-state index contributed by atoms with van der Waals surface area (Å²) in [5.41, 5.74) is 3.57. The van der Waals surface area contributed by atoms with Gasteiger partial charge in [-0.25, -0.2) is 0 Å². The zero-order chi connectivity index (χ0) is 12.4. The van der Waals surface area contributed by atoms with Gasteiger partial charge >= 0.3 is 0 Å². The Labute approximate surface area is 107 Å². The van der Waals surface area contributed by atoms with Crippen LogP contribution in [0.2, 0.25) is 0 Å². The van der Waals surface area contributed by atoms with E-state index in [9.17, 15) is 4.79 Å². The fourth-order valence-corrected chi connectivity index (χ4v) is 2.41. The van der Waals surface area contributed by atoms with Gasteiger partial charge in [-0.05, 0) is 29.7 Å². The highest BCUT2D eigenvalue weighted by atomic mass is 16.1. The molecule has 18 heavy (non-hydrogen) atoms. The molecule has 0 unspecified atom stereocenters. The first-order valence-electron chi connectivity index (χ1n) is 6.25. The van der Waals surface area contributed by atoms with Crippen molar-refractivity contribution in [1.82, 2.24) is 4.90 Å². The molecule has 0 radical (unpaired) electrons. The topological polar surface area (TPSA) is 20.3 Å². The van der Waals surface area contributed by atoms with Crippen LogP contribution >= 0.6 is 0 Å². The molecule has 0 aromatic heterocycles. The van der Waals surface area contributed by atoms with E-state index in [4.69, 9.17) is 0 Å². The van der Waals surface area contributed by atoms with Gasteiger partial charge in [-0.3, -0.25) is 4.79 Å². The second-order valence-electron chi connectivity index (χ2n) is 4.66. The molecule has 0 saturated heterocycles. The minimum absolute atomic E-state index is 0.0939. The third-order valence-electron chi connectivity index (χ3n) is 3.40. The van der Waals surface area contributed by atoms with Gasteiger partial charge in [0.1, 0.15) is 0 Å². The highest BCUT2D eigenvalue weighted by molar-refractivity contribution is 6.07. The second-order valence-corrected chi connectivity index (χ2v) is 4.66. The maximum absolute atomic E-state index is 11.7. The number of ketones is 1. The van der Waals surface area contributed by atoms with Gasteiger partial charge in [0.2, 0.25) is 0 Å². The molecule has 0 bridgehead atoms. The van der Waals surface area contributed by atoms with Crippen molar-refractivity contribution in [2.45, 2.75) is 13.0 Å². The molecule has 90 valence electrons.